The van der Waals surface area contributed by atoms with Gasteiger partial charge in [-0.2, -0.15) is 0 Å². The number of nitrogens with one attached hydrogen (secondary N) is 1. The molecule has 29 heavy (non-hydrogen) atoms. The highest BCUT2D eigenvalue weighted by molar-refractivity contribution is 8.00. The Morgan fingerprint density at radius 3 is 2.66 bits per heavy atom. The van der Waals surface area contributed by atoms with E-state index in [2.05, 4.69) is 5.32 Å². The molecule has 4 atom stereocenters. The maximum Gasteiger partial charge on any atom is 0.342 e. The van der Waals surface area contributed by atoms with Gasteiger partial charge in [-0.3, -0.25) is 19.3 Å². The summed E-state index contributed by atoms with van der Waals surface area (Å²) in [6.07, 6.45) is 1.08. The summed E-state index contributed by atoms with van der Waals surface area (Å²) in [7, 11) is 0. The molecule has 4 unspecified atom stereocenters. The molecule has 2 fully saturated rings. The third kappa shape index (κ3) is 5.09. The van der Waals surface area contributed by atoms with Crippen molar-refractivity contribution in [3.63, 3.8) is 0 Å². The molecule has 0 aliphatic carbocycles. The Bertz CT molecular complexity index is 786. The SMILES string of the molecule is O=C(Cc1ccccc1)NC1C(=O)N(C(Cl)C(=O)O)C1SCC(=O)C1CCCO1. The lowest BCUT2D eigenvalue weighted by atomic mass is 10.1. The Morgan fingerprint density at radius 1 is 1.31 bits per heavy atom. The van der Waals surface area contributed by atoms with Crippen LogP contribution in [0.4, 0.5) is 0 Å². The third-order valence-corrected chi connectivity index (χ3v) is 6.43. The van der Waals surface area contributed by atoms with Crippen LogP contribution in [0.1, 0.15) is 18.4 Å². The maximum atomic E-state index is 12.4. The highest BCUT2D eigenvalue weighted by atomic mass is 35.5. The van der Waals surface area contributed by atoms with Gasteiger partial charge in [-0.15, -0.1) is 11.8 Å². The number of amides is 2. The molecule has 3 rings (SSSR count). The van der Waals surface area contributed by atoms with E-state index in [4.69, 9.17) is 21.4 Å². The molecule has 10 heteroatoms. The van der Waals surface area contributed by atoms with E-state index < -0.39 is 34.9 Å². The van der Waals surface area contributed by atoms with E-state index in [1.54, 1.807) is 24.3 Å². The first kappa shape index (κ1) is 21.6. The van der Waals surface area contributed by atoms with Crippen LogP contribution in [0.5, 0.6) is 0 Å². The number of hydrogen-bond donors (Lipinski definition) is 2. The van der Waals surface area contributed by atoms with E-state index in [9.17, 15) is 19.2 Å². The summed E-state index contributed by atoms with van der Waals surface area (Å²) < 4.78 is 5.36. The fraction of sp³-hybridized carbons (Fsp3) is 0.474. The molecule has 2 N–H and O–H groups in total. The second-order valence-corrected chi connectivity index (χ2v) is 8.32. The van der Waals surface area contributed by atoms with Gasteiger partial charge in [-0.05, 0) is 18.4 Å². The summed E-state index contributed by atoms with van der Waals surface area (Å²) in [6, 6.07) is 8.09. The molecule has 1 aromatic rings. The number of halogens is 1. The number of β-lactam (4-membered cyclic amide) rings is 1. The molecule has 0 spiro atoms. The summed E-state index contributed by atoms with van der Waals surface area (Å²) in [5.74, 6) is -2.41. The first-order valence-electron chi connectivity index (χ1n) is 9.16. The van der Waals surface area contributed by atoms with Crippen LogP contribution in [0.25, 0.3) is 0 Å². The number of hydrogen-bond acceptors (Lipinski definition) is 6. The third-order valence-electron chi connectivity index (χ3n) is 4.74. The quantitative estimate of drug-likeness (QED) is 0.334. The van der Waals surface area contributed by atoms with Crippen molar-refractivity contribution >= 4 is 46.9 Å². The predicted octanol–water partition coefficient (Wildman–Crippen LogP) is 1.01. The lowest BCUT2D eigenvalue weighted by Crippen LogP contribution is -2.72. The molecule has 0 aromatic heterocycles. The van der Waals surface area contributed by atoms with E-state index in [0.29, 0.717) is 13.0 Å². The first-order valence-corrected chi connectivity index (χ1v) is 10.6. The number of thioether (sulfide) groups is 1. The first-order chi connectivity index (χ1) is 13.9. The predicted molar refractivity (Wildman–Crippen MR) is 106 cm³/mol. The minimum Gasteiger partial charge on any atom is -0.479 e. The van der Waals surface area contributed by atoms with Crippen molar-refractivity contribution in [2.75, 3.05) is 12.4 Å². The monoisotopic (exact) mass is 440 g/mol. The zero-order valence-electron chi connectivity index (χ0n) is 15.5. The second kappa shape index (κ2) is 9.60. The van der Waals surface area contributed by atoms with Gasteiger partial charge in [-0.25, -0.2) is 4.79 Å². The van der Waals surface area contributed by atoms with Crippen molar-refractivity contribution in [1.29, 1.82) is 0 Å². The number of carboxylic acid groups (broad SMARTS) is 1. The Kier molecular flexibility index (Phi) is 7.15. The van der Waals surface area contributed by atoms with Crippen molar-refractivity contribution in [2.24, 2.45) is 0 Å². The fourth-order valence-electron chi connectivity index (χ4n) is 3.25. The van der Waals surface area contributed by atoms with Crippen LogP contribution in [-0.2, 0) is 30.3 Å². The van der Waals surface area contributed by atoms with Crippen LogP contribution >= 0.6 is 23.4 Å². The maximum absolute atomic E-state index is 12.4. The number of nitrogens with zero attached hydrogens (tertiary/aromatic N) is 1. The molecular weight excluding hydrogens is 420 g/mol. The highest BCUT2D eigenvalue weighted by Crippen LogP contribution is 2.34. The van der Waals surface area contributed by atoms with E-state index in [-0.39, 0.29) is 23.9 Å². The molecule has 2 aliphatic heterocycles. The zero-order chi connectivity index (χ0) is 21.0. The van der Waals surface area contributed by atoms with Crippen LogP contribution in [0.3, 0.4) is 0 Å². The fourth-order valence-corrected chi connectivity index (χ4v) is 4.82. The Hall–Kier alpha value is -2.10. The van der Waals surface area contributed by atoms with Crippen LogP contribution in [0.15, 0.2) is 30.3 Å². The largest absolute Gasteiger partial charge is 0.479 e. The number of carboxylic acids is 1. The Balaban J connectivity index is 1.63. The van der Waals surface area contributed by atoms with Gasteiger partial charge in [0.2, 0.25) is 11.4 Å². The molecule has 2 saturated heterocycles. The topological polar surface area (TPSA) is 113 Å². The molecule has 0 radical (unpaired) electrons. The van der Waals surface area contributed by atoms with Crippen molar-refractivity contribution in [3.05, 3.63) is 35.9 Å². The van der Waals surface area contributed by atoms with Crippen molar-refractivity contribution < 1.29 is 29.0 Å². The molecule has 0 saturated carbocycles. The number of ketones is 1. The number of carbonyl (C=O) groups excluding carboxylic acids is 3. The smallest absolute Gasteiger partial charge is 0.342 e. The molecule has 2 amide bonds. The summed E-state index contributed by atoms with van der Waals surface area (Å²) in [5.41, 5.74) is -0.785. The van der Waals surface area contributed by atoms with Crippen LogP contribution < -0.4 is 5.32 Å². The van der Waals surface area contributed by atoms with Crippen LogP contribution in [0, 0.1) is 0 Å². The van der Waals surface area contributed by atoms with E-state index in [0.717, 1.165) is 28.6 Å². The van der Waals surface area contributed by atoms with E-state index >= 15 is 0 Å². The van der Waals surface area contributed by atoms with Gasteiger partial charge >= 0.3 is 5.97 Å². The normalized spacial score (nSPS) is 24.7. The average Bonchev–Trinajstić information content (AvgIpc) is 3.24. The number of alkyl halides is 1. The lowest BCUT2D eigenvalue weighted by Gasteiger charge is -2.47. The minimum absolute atomic E-state index is 0.0351. The van der Waals surface area contributed by atoms with Gasteiger partial charge < -0.3 is 15.2 Å². The van der Waals surface area contributed by atoms with Crippen molar-refractivity contribution in [1.82, 2.24) is 10.2 Å². The van der Waals surface area contributed by atoms with Crippen LogP contribution in [-0.4, -0.2) is 69.0 Å². The standard InChI is InChI=1S/C19H21ClN2O6S/c20-16(19(26)27)22-17(25)15(21-14(24)9-11-5-2-1-3-6-11)18(22)29-10-12(23)13-7-4-8-28-13/h1-3,5-6,13,15-16,18H,4,7-10H2,(H,21,24)(H,26,27). The van der Waals surface area contributed by atoms with Gasteiger partial charge in [0.05, 0.1) is 12.2 Å². The average molecular weight is 441 g/mol. The van der Waals surface area contributed by atoms with Gasteiger partial charge in [-0.1, -0.05) is 41.9 Å². The number of ether oxygens (including phenoxy) is 1. The number of carbonyl (C=O) groups is 4. The molecule has 8 nitrogen and oxygen atoms in total. The van der Waals surface area contributed by atoms with Gasteiger partial charge in [0.1, 0.15) is 17.5 Å². The van der Waals surface area contributed by atoms with Crippen molar-refractivity contribution in [3.8, 4) is 0 Å². The summed E-state index contributed by atoms with van der Waals surface area (Å²) in [5, 5.41) is 11.0. The molecule has 1 aromatic carbocycles. The number of rotatable bonds is 9. The number of aliphatic carboxylic acids is 1. The van der Waals surface area contributed by atoms with E-state index in [1.807, 2.05) is 6.07 Å². The summed E-state index contributed by atoms with van der Waals surface area (Å²) >= 11 is 6.94. The zero-order valence-corrected chi connectivity index (χ0v) is 17.0. The van der Waals surface area contributed by atoms with E-state index in [1.165, 1.54) is 0 Å². The van der Waals surface area contributed by atoms with Crippen LogP contribution in [0.2, 0.25) is 0 Å². The number of likely N-dealkylation sites (tertiary alicyclic amines) is 1. The summed E-state index contributed by atoms with van der Waals surface area (Å²) in [4.78, 5) is 49.3. The van der Waals surface area contributed by atoms with Crippen molar-refractivity contribution in [2.45, 2.75) is 42.3 Å². The Morgan fingerprint density at radius 2 is 2.03 bits per heavy atom. The lowest BCUT2D eigenvalue weighted by molar-refractivity contribution is -0.157. The van der Waals surface area contributed by atoms with Gasteiger partial charge in [0.25, 0.3) is 5.91 Å². The molecule has 2 heterocycles. The van der Waals surface area contributed by atoms with Gasteiger partial charge in [0.15, 0.2) is 5.78 Å². The highest BCUT2D eigenvalue weighted by Gasteiger charge is 2.53. The Labute approximate surface area is 176 Å². The number of benzene rings is 1. The molecule has 0 bridgehead atoms. The molecule has 2 aliphatic rings. The molecular formula is C19H21ClN2O6S. The minimum atomic E-state index is -1.57. The van der Waals surface area contributed by atoms with Gasteiger partial charge in [0, 0.05) is 6.61 Å². The summed E-state index contributed by atoms with van der Waals surface area (Å²) in [6.45, 7) is 0.538. The number of Topliss-reactive ketones (excluding diaryl/α,β-unsaturated/α-hetero) is 1. The molecule has 156 valence electrons. The second-order valence-electron chi connectivity index (χ2n) is 6.80.